The lowest BCUT2D eigenvalue weighted by molar-refractivity contribution is -0.0528. The van der Waals surface area contributed by atoms with Crippen molar-refractivity contribution < 1.29 is 22.8 Å². The smallest absolute Gasteiger partial charge is 0.388 e. The fourth-order valence-electron chi connectivity index (χ4n) is 2.97. The average molecular weight is 374 g/mol. The third-order valence-corrected chi connectivity index (χ3v) is 4.21. The van der Waals surface area contributed by atoms with Gasteiger partial charge in [-0.1, -0.05) is 5.16 Å². The van der Waals surface area contributed by atoms with E-state index < -0.39 is 6.61 Å². The molecule has 0 aliphatic heterocycles. The van der Waals surface area contributed by atoms with Gasteiger partial charge in [-0.3, -0.25) is 0 Å². The molecule has 0 unspecified atom stereocenters. The third-order valence-electron chi connectivity index (χ3n) is 4.21. The van der Waals surface area contributed by atoms with E-state index >= 15 is 0 Å². The molecule has 0 spiro atoms. The van der Waals surface area contributed by atoms with Crippen molar-refractivity contribution in [3.63, 3.8) is 0 Å². The summed E-state index contributed by atoms with van der Waals surface area (Å²) in [5.41, 5.74) is 1.03. The normalized spacial score (nSPS) is 14.6. The molecule has 3 heterocycles. The number of ether oxygens (including phenoxy) is 2. The molecule has 0 N–H and O–H groups in total. The highest BCUT2D eigenvalue weighted by Crippen LogP contribution is 2.31. The van der Waals surface area contributed by atoms with Gasteiger partial charge in [0.25, 0.3) is 5.89 Å². The van der Waals surface area contributed by atoms with E-state index in [0.717, 1.165) is 25.7 Å². The fourth-order valence-corrected chi connectivity index (χ4v) is 2.97. The molecule has 1 saturated carbocycles. The maximum absolute atomic E-state index is 12.4. The fraction of sp³-hybridized carbons (Fsp3) is 0.333. The number of hydrogen-bond acceptors (Lipinski definition) is 7. The summed E-state index contributed by atoms with van der Waals surface area (Å²) in [5, 5.41) is 3.97. The Morgan fingerprint density at radius 1 is 1.11 bits per heavy atom. The number of rotatable bonds is 6. The Morgan fingerprint density at radius 2 is 1.96 bits per heavy atom. The minimum absolute atomic E-state index is 0.138. The van der Waals surface area contributed by atoms with E-state index in [0.29, 0.717) is 22.8 Å². The first-order chi connectivity index (χ1) is 13.2. The Bertz CT molecular complexity index is 913. The van der Waals surface area contributed by atoms with Crippen LogP contribution >= 0.6 is 0 Å². The van der Waals surface area contributed by atoms with Crippen molar-refractivity contribution in [1.82, 2.24) is 20.1 Å². The second-order valence-corrected chi connectivity index (χ2v) is 6.06. The van der Waals surface area contributed by atoms with Crippen LogP contribution in [0.4, 0.5) is 8.78 Å². The number of nitrogens with zero attached hydrogens (tertiary/aromatic N) is 4. The molecule has 0 aromatic carbocycles. The molecule has 3 aromatic rings. The maximum Gasteiger partial charge on any atom is 0.388 e. The van der Waals surface area contributed by atoms with E-state index in [-0.39, 0.29) is 17.9 Å². The van der Waals surface area contributed by atoms with E-state index in [1.54, 1.807) is 24.4 Å². The molecule has 1 fully saturated rings. The third kappa shape index (κ3) is 4.02. The van der Waals surface area contributed by atoms with Gasteiger partial charge in [0.1, 0.15) is 6.10 Å². The summed E-state index contributed by atoms with van der Waals surface area (Å²) >= 11 is 0. The number of alkyl halides is 2. The van der Waals surface area contributed by atoms with Crippen LogP contribution in [0.5, 0.6) is 11.8 Å². The first-order valence-electron chi connectivity index (χ1n) is 8.56. The van der Waals surface area contributed by atoms with E-state index in [2.05, 4.69) is 24.8 Å². The quantitative estimate of drug-likeness (QED) is 0.642. The summed E-state index contributed by atoms with van der Waals surface area (Å²) in [4.78, 5) is 12.3. The predicted octanol–water partition coefficient (Wildman–Crippen LogP) is 4.12. The highest BCUT2D eigenvalue weighted by Gasteiger charge is 2.21. The van der Waals surface area contributed by atoms with Crippen LogP contribution in [-0.2, 0) is 0 Å². The average Bonchev–Trinajstić information content (AvgIpc) is 3.34. The van der Waals surface area contributed by atoms with Gasteiger partial charge in [0.05, 0.1) is 5.56 Å². The summed E-state index contributed by atoms with van der Waals surface area (Å²) < 4.78 is 40.3. The molecule has 1 aliphatic rings. The van der Waals surface area contributed by atoms with Crippen molar-refractivity contribution in [3.8, 4) is 34.6 Å². The predicted molar refractivity (Wildman–Crippen MR) is 90.3 cm³/mol. The molecule has 0 atom stereocenters. The molecule has 0 amide bonds. The van der Waals surface area contributed by atoms with Gasteiger partial charge >= 0.3 is 6.61 Å². The van der Waals surface area contributed by atoms with Crippen LogP contribution in [0.25, 0.3) is 22.8 Å². The Hall–Kier alpha value is -3.10. The Labute approximate surface area is 153 Å². The summed E-state index contributed by atoms with van der Waals surface area (Å²) in [7, 11) is 0. The number of pyridine rings is 2. The molecule has 7 nitrogen and oxygen atoms in total. The van der Waals surface area contributed by atoms with Crippen LogP contribution in [0, 0.1) is 0 Å². The topological polar surface area (TPSA) is 83.2 Å². The van der Waals surface area contributed by atoms with Crippen LogP contribution in [0.1, 0.15) is 25.7 Å². The van der Waals surface area contributed by atoms with Crippen LogP contribution in [0.3, 0.4) is 0 Å². The lowest BCUT2D eigenvalue weighted by Gasteiger charge is -2.13. The zero-order chi connectivity index (χ0) is 18.6. The van der Waals surface area contributed by atoms with Crippen LogP contribution < -0.4 is 9.47 Å². The van der Waals surface area contributed by atoms with E-state index in [9.17, 15) is 8.78 Å². The number of hydrogen-bond donors (Lipinski definition) is 0. The number of halogens is 2. The summed E-state index contributed by atoms with van der Waals surface area (Å²) in [6, 6.07) is 6.43. The Kier molecular flexibility index (Phi) is 4.91. The molecule has 4 rings (SSSR count). The zero-order valence-corrected chi connectivity index (χ0v) is 14.2. The minimum atomic E-state index is -2.96. The van der Waals surface area contributed by atoms with Gasteiger partial charge in [-0.15, -0.1) is 0 Å². The van der Waals surface area contributed by atoms with Crippen molar-refractivity contribution >= 4 is 0 Å². The Morgan fingerprint density at radius 3 is 2.78 bits per heavy atom. The van der Waals surface area contributed by atoms with Crippen LogP contribution in [0.2, 0.25) is 0 Å². The van der Waals surface area contributed by atoms with Crippen LogP contribution in [0.15, 0.2) is 41.2 Å². The van der Waals surface area contributed by atoms with Crippen molar-refractivity contribution in [2.75, 3.05) is 0 Å². The largest absolute Gasteiger partial charge is 0.474 e. The second-order valence-electron chi connectivity index (χ2n) is 6.06. The summed E-state index contributed by atoms with van der Waals surface area (Å²) in [6.45, 7) is -2.96. The molecule has 9 heteroatoms. The SMILES string of the molecule is FC(F)Oc1cc(-c2nc(-c3cccnc3OC3CCCC3)no2)ccn1. The van der Waals surface area contributed by atoms with Gasteiger partial charge in [0, 0.05) is 24.0 Å². The summed E-state index contributed by atoms with van der Waals surface area (Å²) in [5.74, 6) is 0.684. The minimum Gasteiger partial charge on any atom is -0.474 e. The van der Waals surface area contributed by atoms with Gasteiger partial charge in [0.2, 0.25) is 17.6 Å². The highest BCUT2D eigenvalue weighted by atomic mass is 19.3. The number of aromatic nitrogens is 4. The molecular formula is C18H16F2N4O3. The lowest BCUT2D eigenvalue weighted by Crippen LogP contribution is -2.12. The van der Waals surface area contributed by atoms with Crippen molar-refractivity contribution in [3.05, 3.63) is 36.7 Å². The molecular weight excluding hydrogens is 358 g/mol. The second kappa shape index (κ2) is 7.65. The van der Waals surface area contributed by atoms with E-state index in [4.69, 9.17) is 9.26 Å². The molecule has 0 bridgehead atoms. The molecule has 27 heavy (non-hydrogen) atoms. The van der Waals surface area contributed by atoms with Crippen molar-refractivity contribution in [2.24, 2.45) is 0 Å². The van der Waals surface area contributed by atoms with Crippen molar-refractivity contribution in [2.45, 2.75) is 38.4 Å². The standard InChI is InChI=1S/C18H16F2N4O3/c19-18(20)26-14-10-11(7-9-21-14)16-23-15(24-27-16)13-6-3-8-22-17(13)25-12-4-1-2-5-12/h3,6-10,12,18H,1-2,4-5H2. The molecule has 140 valence electrons. The molecule has 0 radical (unpaired) electrons. The first kappa shape index (κ1) is 17.3. The lowest BCUT2D eigenvalue weighted by atomic mass is 10.2. The highest BCUT2D eigenvalue weighted by molar-refractivity contribution is 5.64. The molecule has 0 saturated heterocycles. The van der Waals surface area contributed by atoms with Gasteiger partial charge in [-0.05, 0) is 43.9 Å². The monoisotopic (exact) mass is 374 g/mol. The van der Waals surface area contributed by atoms with Crippen molar-refractivity contribution in [1.29, 1.82) is 0 Å². The molecule has 1 aliphatic carbocycles. The van der Waals surface area contributed by atoms with Gasteiger partial charge in [-0.25, -0.2) is 9.97 Å². The molecule has 3 aromatic heterocycles. The van der Waals surface area contributed by atoms with Gasteiger partial charge in [-0.2, -0.15) is 13.8 Å². The summed E-state index contributed by atoms with van der Waals surface area (Å²) in [6.07, 6.45) is 7.39. The van der Waals surface area contributed by atoms with Gasteiger partial charge < -0.3 is 14.0 Å². The zero-order valence-electron chi connectivity index (χ0n) is 14.2. The Balaban J connectivity index is 1.60. The van der Waals surface area contributed by atoms with E-state index in [1.165, 1.54) is 12.3 Å². The van der Waals surface area contributed by atoms with Crippen LogP contribution in [-0.4, -0.2) is 32.8 Å². The van der Waals surface area contributed by atoms with Gasteiger partial charge in [0.15, 0.2) is 0 Å². The maximum atomic E-state index is 12.4. The van der Waals surface area contributed by atoms with E-state index in [1.807, 2.05) is 0 Å². The first-order valence-corrected chi connectivity index (χ1v) is 8.56.